The van der Waals surface area contributed by atoms with Crippen molar-refractivity contribution in [2.24, 2.45) is 5.41 Å². The molecule has 0 bridgehead atoms. The molecule has 0 aromatic heterocycles. The van der Waals surface area contributed by atoms with Crippen molar-refractivity contribution in [1.82, 2.24) is 5.32 Å². The first-order chi connectivity index (χ1) is 22.4. The first-order valence-electron chi connectivity index (χ1n) is 17.3. The Bertz CT molecular complexity index is 1110. The zero-order valence-corrected chi connectivity index (χ0v) is 29.3. The van der Waals surface area contributed by atoms with Gasteiger partial charge in [-0.15, -0.1) is 0 Å². The number of hydrogen-bond donors (Lipinski definition) is 2. The van der Waals surface area contributed by atoms with E-state index in [9.17, 15) is 24.0 Å². The fourth-order valence-electron chi connectivity index (χ4n) is 4.85. The van der Waals surface area contributed by atoms with Gasteiger partial charge in [-0.3, -0.25) is 24.0 Å². The normalized spacial score (nSPS) is 11.9. The molecule has 1 rings (SSSR count). The number of carbonyl (C=O) groups excluding carboxylic acids is 5. The molecule has 264 valence electrons. The van der Waals surface area contributed by atoms with Gasteiger partial charge in [-0.2, -0.15) is 0 Å². The molecule has 10 nitrogen and oxygen atoms in total. The molecular formula is C37H58N2O8. The number of ether oxygens (including phenoxy) is 3. The van der Waals surface area contributed by atoms with E-state index in [1.54, 1.807) is 38.1 Å². The van der Waals surface area contributed by atoms with E-state index in [0.717, 1.165) is 25.7 Å². The number of amides is 2. The van der Waals surface area contributed by atoms with E-state index in [2.05, 4.69) is 29.7 Å². The summed E-state index contributed by atoms with van der Waals surface area (Å²) >= 11 is 0. The third-order valence-corrected chi connectivity index (χ3v) is 7.54. The van der Waals surface area contributed by atoms with Crippen LogP contribution in [0.1, 0.15) is 131 Å². The molecule has 0 aliphatic heterocycles. The van der Waals surface area contributed by atoms with Crippen LogP contribution in [0, 0.1) is 5.41 Å². The topological polar surface area (TPSA) is 137 Å². The number of anilines is 1. The molecule has 0 radical (unpaired) electrons. The van der Waals surface area contributed by atoms with Gasteiger partial charge in [0, 0.05) is 37.9 Å². The third-order valence-electron chi connectivity index (χ3n) is 7.54. The SMILES string of the molecule is CCCCCCCCC=CCCCCCCCC(=O)Nc1ccc(OC(=O)CCNC(=O)C(OC(C)=O)C(C)(C)COC(C)=O)cc1. The summed E-state index contributed by atoms with van der Waals surface area (Å²) in [6, 6.07) is 6.50. The Morgan fingerprint density at radius 2 is 1.34 bits per heavy atom. The number of carbonyl (C=O) groups is 5. The van der Waals surface area contributed by atoms with Crippen molar-refractivity contribution >= 4 is 35.4 Å². The summed E-state index contributed by atoms with van der Waals surface area (Å²) in [6.45, 7) is 7.74. The minimum Gasteiger partial charge on any atom is -0.465 e. The lowest BCUT2D eigenvalue weighted by Crippen LogP contribution is -2.49. The van der Waals surface area contributed by atoms with Crippen LogP contribution in [0.15, 0.2) is 36.4 Å². The molecule has 10 heteroatoms. The molecule has 1 aromatic rings. The fourth-order valence-corrected chi connectivity index (χ4v) is 4.85. The second-order valence-corrected chi connectivity index (χ2v) is 12.7. The first-order valence-corrected chi connectivity index (χ1v) is 17.3. The summed E-state index contributed by atoms with van der Waals surface area (Å²) in [5.41, 5.74) is -0.383. The molecule has 0 saturated carbocycles. The summed E-state index contributed by atoms with van der Waals surface area (Å²) in [6.07, 6.45) is 19.5. The lowest BCUT2D eigenvalue weighted by molar-refractivity contribution is -0.166. The highest BCUT2D eigenvalue weighted by atomic mass is 16.6. The Hall–Kier alpha value is -3.69. The number of esters is 3. The van der Waals surface area contributed by atoms with Gasteiger partial charge in [0.2, 0.25) is 5.91 Å². The van der Waals surface area contributed by atoms with E-state index < -0.39 is 35.3 Å². The number of benzene rings is 1. The van der Waals surface area contributed by atoms with E-state index in [-0.39, 0.29) is 25.5 Å². The average Bonchev–Trinajstić information content (AvgIpc) is 3.01. The maximum absolute atomic E-state index is 12.7. The lowest BCUT2D eigenvalue weighted by atomic mass is 9.86. The van der Waals surface area contributed by atoms with Gasteiger partial charge >= 0.3 is 17.9 Å². The Morgan fingerprint density at radius 1 is 0.766 bits per heavy atom. The standard InChI is InChI=1S/C37H58N2O8/c1-6-7-8-9-10-11-12-13-14-15-16-17-18-19-20-21-33(42)39-31-22-24-32(25-23-31)47-34(43)26-27-38-36(44)35(46-30(3)41)37(4,5)28-45-29(2)40/h13-14,22-25,35H,6-12,15-21,26-28H2,1-5H3,(H,38,44)(H,39,42). The summed E-state index contributed by atoms with van der Waals surface area (Å²) < 4.78 is 15.5. The molecular weight excluding hydrogens is 600 g/mol. The van der Waals surface area contributed by atoms with Crippen LogP contribution < -0.4 is 15.4 Å². The van der Waals surface area contributed by atoms with Crippen LogP contribution in [0.5, 0.6) is 5.75 Å². The van der Waals surface area contributed by atoms with E-state index >= 15 is 0 Å². The van der Waals surface area contributed by atoms with Gasteiger partial charge in [0.05, 0.1) is 6.42 Å². The number of nitrogens with one attached hydrogen (secondary N) is 2. The predicted octanol–water partition coefficient (Wildman–Crippen LogP) is 7.60. The van der Waals surface area contributed by atoms with E-state index in [1.165, 1.54) is 71.6 Å². The number of rotatable bonds is 25. The maximum Gasteiger partial charge on any atom is 0.312 e. The second kappa shape index (κ2) is 24.5. The van der Waals surface area contributed by atoms with Gasteiger partial charge in [0.25, 0.3) is 5.91 Å². The van der Waals surface area contributed by atoms with Crippen LogP contribution in [0.4, 0.5) is 5.69 Å². The molecule has 47 heavy (non-hydrogen) atoms. The molecule has 0 heterocycles. The van der Waals surface area contributed by atoms with Gasteiger partial charge in [-0.05, 0) is 56.4 Å². The monoisotopic (exact) mass is 658 g/mol. The first kappa shape index (κ1) is 41.3. The van der Waals surface area contributed by atoms with Crippen molar-refractivity contribution in [1.29, 1.82) is 0 Å². The lowest BCUT2D eigenvalue weighted by Gasteiger charge is -2.31. The molecule has 0 fully saturated rings. The van der Waals surface area contributed by atoms with Gasteiger partial charge in [0.15, 0.2) is 6.10 Å². The maximum atomic E-state index is 12.7. The third kappa shape index (κ3) is 20.9. The predicted molar refractivity (Wildman–Crippen MR) is 184 cm³/mol. The minimum atomic E-state index is -1.23. The van der Waals surface area contributed by atoms with Crippen LogP contribution >= 0.6 is 0 Å². The molecule has 2 amide bonds. The van der Waals surface area contributed by atoms with Gasteiger partial charge < -0.3 is 24.8 Å². The van der Waals surface area contributed by atoms with Crippen LogP contribution in [-0.4, -0.2) is 49.0 Å². The average molecular weight is 659 g/mol. The highest BCUT2D eigenvalue weighted by Crippen LogP contribution is 2.25. The molecule has 1 atom stereocenters. The van der Waals surface area contributed by atoms with E-state index in [0.29, 0.717) is 17.9 Å². The number of allylic oxidation sites excluding steroid dienone is 2. The molecule has 0 aliphatic carbocycles. The number of unbranched alkanes of at least 4 members (excludes halogenated alkanes) is 11. The highest BCUT2D eigenvalue weighted by molar-refractivity contribution is 5.90. The molecule has 0 saturated heterocycles. The van der Waals surface area contributed by atoms with Crippen LogP contribution in [-0.2, 0) is 33.4 Å². The number of hydrogen-bond acceptors (Lipinski definition) is 8. The molecule has 2 N–H and O–H groups in total. The zero-order chi connectivity index (χ0) is 34.9. The van der Waals surface area contributed by atoms with Gasteiger partial charge in [-0.25, -0.2) is 0 Å². The Kier molecular flexibility index (Phi) is 21.5. The van der Waals surface area contributed by atoms with Gasteiger partial charge in [0.1, 0.15) is 12.4 Å². The summed E-state index contributed by atoms with van der Waals surface area (Å²) in [4.78, 5) is 60.1. The molecule has 1 aromatic carbocycles. The highest BCUT2D eigenvalue weighted by Gasteiger charge is 2.39. The van der Waals surface area contributed by atoms with E-state index in [1.807, 2.05) is 0 Å². The fraction of sp³-hybridized carbons (Fsp3) is 0.649. The van der Waals surface area contributed by atoms with E-state index in [4.69, 9.17) is 14.2 Å². The van der Waals surface area contributed by atoms with Crippen molar-refractivity contribution in [3.05, 3.63) is 36.4 Å². The zero-order valence-electron chi connectivity index (χ0n) is 29.3. The van der Waals surface area contributed by atoms with Crippen molar-refractivity contribution in [2.75, 3.05) is 18.5 Å². The Labute approximate surface area is 281 Å². The quantitative estimate of drug-likeness (QED) is 0.0474. The second-order valence-electron chi connectivity index (χ2n) is 12.7. The molecule has 0 aliphatic rings. The van der Waals surface area contributed by atoms with Crippen molar-refractivity contribution in [2.45, 2.75) is 137 Å². The van der Waals surface area contributed by atoms with Crippen LogP contribution in [0.3, 0.4) is 0 Å². The van der Waals surface area contributed by atoms with Gasteiger partial charge in [-0.1, -0.05) is 84.3 Å². The van der Waals surface area contributed by atoms with Crippen molar-refractivity contribution < 1.29 is 38.2 Å². The molecule has 1 unspecified atom stereocenters. The minimum absolute atomic E-state index is 0.0498. The Morgan fingerprint density at radius 3 is 1.91 bits per heavy atom. The largest absolute Gasteiger partial charge is 0.465 e. The smallest absolute Gasteiger partial charge is 0.312 e. The summed E-state index contributed by atoms with van der Waals surface area (Å²) in [5, 5.41) is 5.44. The van der Waals surface area contributed by atoms with Crippen molar-refractivity contribution in [3.8, 4) is 5.75 Å². The van der Waals surface area contributed by atoms with Crippen LogP contribution in [0.25, 0.3) is 0 Å². The van der Waals surface area contributed by atoms with Crippen molar-refractivity contribution in [3.63, 3.8) is 0 Å². The summed E-state index contributed by atoms with van der Waals surface area (Å²) in [5.74, 6) is -2.13. The molecule has 0 spiro atoms. The summed E-state index contributed by atoms with van der Waals surface area (Å²) in [7, 11) is 0. The Balaban J connectivity index is 2.25. The van der Waals surface area contributed by atoms with Crippen LogP contribution in [0.2, 0.25) is 0 Å².